The molecule has 2 heterocycles. The molecule has 26 heavy (non-hydrogen) atoms. The van der Waals surface area contributed by atoms with Crippen LogP contribution < -0.4 is 0 Å². The molecule has 0 bridgehead atoms. The van der Waals surface area contributed by atoms with Gasteiger partial charge in [-0.15, -0.1) is 0 Å². The molecule has 1 aliphatic rings. The number of aromatic nitrogens is 1. The van der Waals surface area contributed by atoms with Gasteiger partial charge in [0.05, 0.1) is 10.6 Å². The van der Waals surface area contributed by atoms with E-state index in [2.05, 4.69) is 4.98 Å². The minimum atomic E-state index is -0.502. The number of amides is 2. The number of aromatic amines is 1. The van der Waals surface area contributed by atoms with Crippen molar-refractivity contribution < 1.29 is 18.8 Å². The topological polar surface area (TPSA) is 73.5 Å². The summed E-state index contributed by atoms with van der Waals surface area (Å²) in [6.45, 7) is 2.84. The van der Waals surface area contributed by atoms with Crippen LogP contribution in [0.2, 0.25) is 5.02 Å². The fraction of sp³-hybridized carbons (Fsp3) is 0.278. The maximum Gasteiger partial charge on any atom is 0.270 e. The van der Waals surface area contributed by atoms with Gasteiger partial charge in [0.25, 0.3) is 11.8 Å². The number of rotatable bonds is 3. The number of hydrogen-bond donors (Lipinski definition) is 1. The van der Waals surface area contributed by atoms with Crippen molar-refractivity contribution in [2.24, 2.45) is 0 Å². The second-order valence-corrected chi connectivity index (χ2v) is 6.47. The fourth-order valence-electron chi connectivity index (χ4n) is 2.84. The molecule has 2 aromatic rings. The van der Waals surface area contributed by atoms with E-state index in [9.17, 15) is 18.8 Å². The monoisotopic (exact) mass is 377 g/mol. The van der Waals surface area contributed by atoms with Gasteiger partial charge >= 0.3 is 0 Å². The van der Waals surface area contributed by atoms with E-state index in [-0.39, 0.29) is 28.2 Å². The van der Waals surface area contributed by atoms with E-state index in [1.165, 1.54) is 31.3 Å². The van der Waals surface area contributed by atoms with Crippen molar-refractivity contribution in [2.45, 2.75) is 6.92 Å². The van der Waals surface area contributed by atoms with Crippen molar-refractivity contribution in [2.75, 3.05) is 26.2 Å². The van der Waals surface area contributed by atoms with Crippen molar-refractivity contribution in [3.8, 4) is 0 Å². The fourth-order valence-corrected chi connectivity index (χ4v) is 3.09. The van der Waals surface area contributed by atoms with Crippen LogP contribution in [-0.4, -0.2) is 58.6 Å². The second-order valence-electron chi connectivity index (χ2n) is 6.07. The average Bonchev–Trinajstić information content (AvgIpc) is 3.11. The van der Waals surface area contributed by atoms with Crippen LogP contribution in [0.5, 0.6) is 0 Å². The number of nitrogens with one attached hydrogen (secondary N) is 1. The molecule has 2 amide bonds. The van der Waals surface area contributed by atoms with Crippen molar-refractivity contribution >= 4 is 29.2 Å². The summed E-state index contributed by atoms with van der Waals surface area (Å²) in [4.78, 5) is 42.4. The van der Waals surface area contributed by atoms with Gasteiger partial charge in [-0.3, -0.25) is 14.4 Å². The quantitative estimate of drug-likeness (QED) is 0.835. The zero-order chi connectivity index (χ0) is 18.8. The second kappa shape index (κ2) is 7.29. The summed E-state index contributed by atoms with van der Waals surface area (Å²) in [6.07, 6.45) is 1.51. The highest BCUT2D eigenvalue weighted by atomic mass is 35.5. The van der Waals surface area contributed by atoms with E-state index < -0.39 is 5.82 Å². The Morgan fingerprint density at radius 3 is 2.19 bits per heavy atom. The molecule has 0 saturated carbocycles. The van der Waals surface area contributed by atoms with Gasteiger partial charge in [-0.25, -0.2) is 4.39 Å². The number of nitrogens with zero attached hydrogens (tertiary/aromatic N) is 2. The molecule has 0 radical (unpaired) electrons. The predicted molar refractivity (Wildman–Crippen MR) is 94.0 cm³/mol. The third-order valence-corrected chi connectivity index (χ3v) is 4.65. The molecule has 0 aliphatic carbocycles. The van der Waals surface area contributed by atoms with Crippen LogP contribution in [0.15, 0.2) is 30.5 Å². The van der Waals surface area contributed by atoms with Crippen LogP contribution in [0, 0.1) is 5.82 Å². The first kappa shape index (κ1) is 18.1. The Labute approximate surface area is 154 Å². The van der Waals surface area contributed by atoms with E-state index in [4.69, 9.17) is 11.6 Å². The molecule has 1 saturated heterocycles. The van der Waals surface area contributed by atoms with Crippen LogP contribution in [0.3, 0.4) is 0 Å². The summed E-state index contributed by atoms with van der Waals surface area (Å²) < 4.78 is 13.1. The molecule has 0 atom stereocenters. The van der Waals surface area contributed by atoms with Gasteiger partial charge in [-0.1, -0.05) is 11.6 Å². The van der Waals surface area contributed by atoms with Crippen molar-refractivity contribution in [1.29, 1.82) is 0 Å². The first-order chi connectivity index (χ1) is 12.4. The minimum Gasteiger partial charge on any atom is -0.356 e. The lowest BCUT2D eigenvalue weighted by atomic mass is 10.1. The molecule has 1 N–H and O–H groups in total. The van der Waals surface area contributed by atoms with Gasteiger partial charge in [0, 0.05) is 37.9 Å². The lowest BCUT2D eigenvalue weighted by Gasteiger charge is -2.34. The molecule has 1 aromatic carbocycles. The van der Waals surface area contributed by atoms with Crippen molar-refractivity contribution in [1.82, 2.24) is 14.8 Å². The van der Waals surface area contributed by atoms with Crippen molar-refractivity contribution in [3.63, 3.8) is 0 Å². The molecule has 0 spiro atoms. The Hall–Kier alpha value is -2.67. The number of carbonyl (C=O) groups is 3. The van der Waals surface area contributed by atoms with E-state index in [0.29, 0.717) is 37.4 Å². The molecular formula is C18H17ClFN3O3. The zero-order valence-electron chi connectivity index (χ0n) is 14.1. The molecule has 0 unspecified atom stereocenters. The van der Waals surface area contributed by atoms with Crippen LogP contribution in [-0.2, 0) is 0 Å². The van der Waals surface area contributed by atoms with Gasteiger partial charge in [-0.2, -0.15) is 0 Å². The number of halogens is 2. The SMILES string of the molecule is CC(=O)c1c[nH]c(C(=O)N2CCN(C(=O)c3ccc(F)cc3Cl)CC2)c1. The maximum atomic E-state index is 13.1. The van der Waals surface area contributed by atoms with Gasteiger partial charge in [-0.05, 0) is 31.2 Å². The lowest BCUT2D eigenvalue weighted by molar-refractivity contribution is 0.0532. The first-order valence-corrected chi connectivity index (χ1v) is 8.47. The third-order valence-electron chi connectivity index (χ3n) is 4.34. The van der Waals surface area contributed by atoms with Gasteiger partial charge < -0.3 is 14.8 Å². The average molecular weight is 378 g/mol. The normalized spacial score (nSPS) is 14.4. The maximum absolute atomic E-state index is 13.1. The van der Waals surface area contributed by atoms with E-state index in [1.807, 2.05) is 0 Å². The van der Waals surface area contributed by atoms with Crippen molar-refractivity contribution in [3.05, 3.63) is 58.1 Å². The first-order valence-electron chi connectivity index (χ1n) is 8.10. The van der Waals surface area contributed by atoms with E-state index >= 15 is 0 Å². The predicted octanol–water partition coefficient (Wildman–Crippen LogP) is 2.61. The summed E-state index contributed by atoms with van der Waals surface area (Å²) in [5.74, 6) is -1.13. The number of hydrogen-bond acceptors (Lipinski definition) is 3. The Morgan fingerprint density at radius 1 is 1.04 bits per heavy atom. The highest BCUT2D eigenvalue weighted by molar-refractivity contribution is 6.33. The molecule has 1 fully saturated rings. The number of H-pyrrole nitrogens is 1. The highest BCUT2D eigenvalue weighted by Crippen LogP contribution is 2.20. The standard InChI is InChI=1S/C18H17ClFN3O3/c1-11(24)12-8-16(21-10-12)18(26)23-6-4-22(5-7-23)17(25)14-3-2-13(20)9-15(14)19/h2-3,8-10,21H,4-7H2,1H3. The van der Waals surface area contributed by atoms with E-state index in [1.54, 1.807) is 9.80 Å². The smallest absolute Gasteiger partial charge is 0.270 e. The number of benzene rings is 1. The number of Topliss-reactive ketones (excluding diaryl/α,β-unsaturated/α-hetero) is 1. The summed E-state index contributed by atoms with van der Waals surface area (Å²) in [5, 5.41) is 0.0663. The largest absolute Gasteiger partial charge is 0.356 e. The lowest BCUT2D eigenvalue weighted by Crippen LogP contribution is -2.50. The zero-order valence-corrected chi connectivity index (χ0v) is 14.8. The van der Waals surface area contributed by atoms with Gasteiger partial charge in [0.2, 0.25) is 0 Å². The Morgan fingerprint density at radius 2 is 1.65 bits per heavy atom. The number of carbonyl (C=O) groups excluding carboxylic acids is 3. The van der Waals surface area contributed by atoms with Crippen LogP contribution >= 0.6 is 11.6 Å². The third kappa shape index (κ3) is 3.62. The van der Waals surface area contributed by atoms with E-state index in [0.717, 1.165) is 6.07 Å². The number of piperazine rings is 1. The van der Waals surface area contributed by atoms with Crippen LogP contribution in [0.4, 0.5) is 4.39 Å². The summed E-state index contributed by atoms with van der Waals surface area (Å²) in [6, 6.07) is 5.18. The highest BCUT2D eigenvalue weighted by Gasteiger charge is 2.27. The molecule has 1 aliphatic heterocycles. The minimum absolute atomic E-state index is 0.0663. The molecular weight excluding hydrogens is 361 g/mol. The molecule has 136 valence electrons. The molecule has 6 nitrogen and oxygen atoms in total. The number of ketones is 1. The van der Waals surface area contributed by atoms with Crippen LogP contribution in [0.25, 0.3) is 0 Å². The summed E-state index contributed by atoms with van der Waals surface area (Å²) in [5.41, 5.74) is 1.04. The summed E-state index contributed by atoms with van der Waals surface area (Å²) in [7, 11) is 0. The van der Waals surface area contributed by atoms with Gasteiger partial charge in [0.15, 0.2) is 5.78 Å². The molecule has 8 heteroatoms. The molecule has 3 rings (SSSR count). The Kier molecular flexibility index (Phi) is 5.08. The Bertz CT molecular complexity index is 872. The Balaban J connectivity index is 1.64. The van der Waals surface area contributed by atoms with Gasteiger partial charge in [0.1, 0.15) is 11.5 Å². The summed E-state index contributed by atoms with van der Waals surface area (Å²) >= 11 is 5.95. The molecule has 1 aromatic heterocycles. The van der Waals surface area contributed by atoms with Crippen LogP contribution in [0.1, 0.15) is 38.1 Å².